The normalized spacial score (nSPS) is 33.5. The summed E-state index contributed by atoms with van der Waals surface area (Å²) in [5, 5.41) is 10.8. The van der Waals surface area contributed by atoms with E-state index in [9.17, 15) is 5.11 Å². The van der Waals surface area contributed by atoms with Crippen LogP contribution >= 0.6 is 0 Å². The Morgan fingerprint density at radius 2 is 2.22 bits per heavy atom. The van der Waals surface area contributed by atoms with E-state index in [1.165, 1.54) is 0 Å². The van der Waals surface area contributed by atoms with E-state index in [0.29, 0.717) is 16.9 Å². The van der Waals surface area contributed by atoms with Crippen molar-refractivity contribution in [2.45, 2.75) is 77.7 Å². The number of aryl methyl sites for hydroxylation is 1. The minimum Gasteiger partial charge on any atom is -0.507 e. The molecular weight excluding hydrogens is 284 g/mol. The summed E-state index contributed by atoms with van der Waals surface area (Å²) >= 11 is 0. The second-order valence-electron chi connectivity index (χ2n) is 7.22. The van der Waals surface area contributed by atoms with Crippen molar-refractivity contribution in [3.8, 4) is 11.5 Å². The van der Waals surface area contributed by atoms with Gasteiger partial charge in [0.15, 0.2) is 0 Å². The summed E-state index contributed by atoms with van der Waals surface area (Å²) in [6.07, 6.45) is 2.24. The monoisotopic (exact) mass is 318 g/mol. The number of hydrogen-bond donors (Lipinski definition) is 1. The van der Waals surface area contributed by atoms with Gasteiger partial charge in [-0.2, -0.15) is 0 Å². The van der Waals surface area contributed by atoms with Crippen LogP contribution in [0.3, 0.4) is 0 Å². The number of aromatic hydroxyl groups is 1. The fourth-order valence-corrected chi connectivity index (χ4v) is 3.57. The molecule has 126 valence electrons. The number of ether oxygens (including phenoxy) is 1. The molecule has 1 aliphatic heterocycles. The molecule has 0 amide bonds. The molecule has 0 fully saturated rings. The Morgan fingerprint density at radius 3 is 2.96 bits per heavy atom. The molecule has 2 atom stereocenters. The van der Waals surface area contributed by atoms with Crippen molar-refractivity contribution in [2.75, 3.05) is 0 Å². The van der Waals surface area contributed by atoms with Crippen molar-refractivity contribution >= 4 is 0 Å². The predicted molar refractivity (Wildman–Crippen MR) is 95.3 cm³/mol. The molecule has 1 aromatic carbocycles. The summed E-state index contributed by atoms with van der Waals surface area (Å²) in [5.74, 6) is -2.07. The van der Waals surface area contributed by atoms with Gasteiger partial charge in [0.05, 0.1) is 1.37 Å². The maximum Gasteiger partial charge on any atom is 0.127 e. The van der Waals surface area contributed by atoms with Gasteiger partial charge in [-0.15, -0.1) is 0 Å². The number of rotatable bonds is 4. The van der Waals surface area contributed by atoms with Crippen LogP contribution in [-0.2, 0) is 6.42 Å². The number of fused-ring (bicyclic) bond motifs is 3. The molecule has 0 saturated heterocycles. The van der Waals surface area contributed by atoms with E-state index < -0.39 is 23.8 Å². The van der Waals surface area contributed by atoms with E-state index in [1.54, 1.807) is 26.8 Å². The first-order chi connectivity index (χ1) is 12.5. The maximum absolute atomic E-state index is 10.8. The molecule has 0 radical (unpaired) electrons. The van der Waals surface area contributed by atoms with E-state index in [2.05, 4.69) is 6.92 Å². The third kappa shape index (κ3) is 3.13. The highest BCUT2D eigenvalue weighted by atomic mass is 16.5. The summed E-state index contributed by atoms with van der Waals surface area (Å²) in [6.45, 7) is 7.34. The van der Waals surface area contributed by atoms with Gasteiger partial charge < -0.3 is 9.84 Å². The minimum absolute atomic E-state index is 0.00590. The number of benzene rings is 1. The van der Waals surface area contributed by atoms with Gasteiger partial charge in [0.2, 0.25) is 0 Å². The molecule has 0 spiro atoms. The predicted octanol–water partition coefficient (Wildman–Crippen LogP) is 5.74. The summed E-state index contributed by atoms with van der Waals surface area (Å²) in [5.41, 5.74) is 0.841. The van der Waals surface area contributed by atoms with Crippen molar-refractivity contribution in [3.05, 3.63) is 34.9 Å². The van der Waals surface area contributed by atoms with E-state index >= 15 is 0 Å². The molecule has 0 aromatic heterocycles. The van der Waals surface area contributed by atoms with Crippen LogP contribution in [0.4, 0.5) is 0 Å². The Morgan fingerprint density at radius 1 is 1.43 bits per heavy atom. The second-order valence-corrected chi connectivity index (χ2v) is 7.22. The zero-order valence-electron chi connectivity index (χ0n) is 18.6. The van der Waals surface area contributed by atoms with Crippen LogP contribution in [0.1, 0.15) is 82.3 Å². The van der Waals surface area contributed by atoms with Crippen LogP contribution in [0.2, 0.25) is 0 Å². The summed E-state index contributed by atoms with van der Waals surface area (Å²) in [6, 6.07) is 3.83. The molecule has 23 heavy (non-hydrogen) atoms. The van der Waals surface area contributed by atoms with Crippen molar-refractivity contribution in [1.29, 1.82) is 0 Å². The quantitative estimate of drug-likeness (QED) is 0.567. The molecule has 1 aliphatic carbocycles. The summed E-state index contributed by atoms with van der Waals surface area (Å²) in [7, 11) is 0. The average Bonchev–Trinajstić information content (AvgIpc) is 2.54. The number of phenolic OH excluding ortho intramolecular Hbond substituents is 1. The Balaban J connectivity index is 2.19. The summed E-state index contributed by atoms with van der Waals surface area (Å²) < 4.78 is 41.1. The van der Waals surface area contributed by atoms with Crippen molar-refractivity contribution < 1.29 is 15.3 Å². The number of unbranched alkanes of at least 4 members (excludes halogenated alkanes) is 2. The first-order valence-electron chi connectivity index (χ1n) is 10.7. The molecule has 1 aromatic rings. The lowest BCUT2D eigenvalue weighted by atomic mass is 9.68. The second kappa shape index (κ2) is 6.22. The lowest BCUT2D eigenvalue weighted by molar-refractivity contribution is 0.0107. The highest BCUT2D eigenvalue weighted by Crippen LogP contribution is 2.53. The molecular formula is C21H30O2. The molecule has 3 rings (SSSR count). The molecule has 0 unspecified atom stereocenters. The molecule has 2 aliphatic rings. The van der Waals surface area contributed by atoms with Crippen LogP contribution in [-0.4, -0.2) is 10.7 Å². The first-order valence-corrected chi connectivity index (χ1v) is 8.67. The van der Waals surface area contributed by atoms with Gasteiger partial charge >= 0.3 is 0 Å². The molecule has 2 heteroatoms. The maximum atomic E-state index is 10.8. The van der Waals surface area contributed by atoms with Crippen LogP contribution in [0.15, 0.2) is 23.8 Å². The van der Waals surface area contributed by atoms with Crippen LogP contribution in [0.5, 0.6) is 11.5 Å². The van der Waals surface area contributed by atoms with Crippen LogP contribution in [0.25, 0.3) is 0 Å². The molecule has 1 heterocycles. The van der Waals surface area contributed by atoms with Crippen LogP contribution < -0.4 is 4.74 Å². The van der Waals surface area contributed by atoms with Gasteiger partial charge in [0, 0.05) is 21.5 Å². The van der Waals surface area contributed by atoms with E-state index in [0.717, 1.165) is 31.2 Å². The minimum atomic E-state index is -1.88. The standard InChI is InChI=1S/C21H30O2/c1-5-6-7-8-15-12-18(22)20-16-11-14(2)9-10-17(16)21(3,4)23-19(20)13-15/h11-13,16-17,22H,5-10H2,1-4H3/t16-,17-/m1/s1/i10D2,11D,17D. The lowest BCUT2D eigenvalue weighted by Gasteiger charge is -2.46. The van der Waals surface area contributed by atoms with Gasteiger partial charge in [-0.3, -0.25) is 0 Å². The Kier molecular flexibility index (Phi) is 3.25. The highest BCUT2D eigenvalue weighted by Gasteiger charge is 2.45. The van der Waals surface area contributed by atoms with Gasteiger partial charge in [0.25, 0.3) is 0 Å². The van der Waals surface area contributed by atoms with Crippen molar-refractivity contribution in [1.82, 2.24) is 0 Å². The largest absolute Gasteiger partial charge is 0.507 e. The Bertz CT molecular complexity index is 785. The lowest BCUT2D eigenvalue weighted by Crippen LogP contribution is -2.45. The van der Waals surface area contributed by atoms with E-state index in [1.807, 2.05) is 6.07 Å². The smallest absolute Gasteiger partial charge is 0.127 e. The topological polar surface area (TPSA) is 29.5 Å². The number of phenols is 1. The van der Waals surface area contributed by atoms with E-state index in [4.69, 9.17) is 10.2 Å². The van der Waals surface area contributed by atoms with Crippen LogP contribution in [0, 0.1) is 5.89 Å². The zero-order chi connectivity index (χ0) is 20.2. The third-order valence-electron chi connectivity index (χ3n) is 4.77. The molecule has 1 N–H and O–H groups in total. The fourth-order valence-electron chi connectivity index (χ4n) is 3.57. The van der Waals surface area contributed by atoms with E-state index in [-0.39, 0.29) is 18.2 Å². The van der Waals surface area contributed by atoms with Gasteiger partial charge in [0.1, 0.15) is 17.1 Å². The van der Waals surface area contributed by atoms with Gasteiger partial charge in [-0.05, 0) is 64.1 Å². The number of allylic oxidation sites excluding steroid dienone is 2. The highest BCUT2D eigenvalue weighted by molar-refractivity contribution is 5.53. The van der Waals surface area contributed by atoms with Gasteiger partial charge in [-0.25, -0.2) is 0 Å². The molecule has 2 nitrogen and oxygen atoms in total. The van der Waals surface area contributed by atoms with Crippen molar-refractivity contribution in [3.63, 3.8) is 0 Å². The molecule has 0 bridgehead atoms. The van der Waals surface area contributed by atoms with Crippen molar-refractivity contribution in [2.24, 2.45) is 5.89 Å². The van der Waals surface area contributed by atoms with Gasteiger partial charge in [-0.1, -0.05) is 31.4 Å². The Labute approximate surface area is 146 Å². The fraction of sp³-hybridized carbons (Fsp3) is 0.619. The molecule has 0 saturated carbocycles. The third-order valence-corrected chi connectivity index (χ3v) is 4.77. The average molecular weight is 318 g/mol. The summed E-state index contributed by atoms with van der Waals surface area (Å²) in [4.78, 5) is 0. The SMILES string of the molecule is [2H]C1=C(C)CC([2H])([2H])[C@]2([2H])[C@@H]1c1c(O)cc(CCCCC)cc1OC2(C)C. The number of hydrogen-bond acceptors (Lipinski definition) is 2. The first kappa shape index (κ1) is 12.0. The zero-order valence-corrected chi connectivity index (χ0v) is 14.6. The Hall–Kier alpha value is -1.44.